The van der Waals surface area contributed by atoms with Crippen molar-refractivity contribution in [3.8, 4) is 0 Å². The molecule has 8 nitrogen and oxygen atoms in total. The van der Waals surface area contributed by atoms with Gasteiger partial charge in [0.15, 0.2) is 22.4 Å². The molecule has 0 bridgehead atoms. The number of allylic oxidation sites excluding steroid dienone is 2. The van der Waals surface area contributed by atoms with E-state index in [0.717, 1.165) is 18.4 Å². The van der Waals surface area contributed by atoms with Crippen molar-refractivity contribution in [2.24, 2.45) is 5.92 Å². The summed E-state index contributed by atoms with van der Waals surface area (Å²) < 4.78 is 38.3. The van der Waals surface area contributed by atoms with Gasteiger partial charge in [-0.25, -0.2) is 0 Å². The van der Waals surface area contributed by atoms with E-state index >= 15 is 0 Å². The first-order valence-electron chi connectivity index (χ1n) is 18.1. The topological polar surface area (TPSA) is 87.8 Å². The van der Waals surface area contributed by atoms with Crippen molar-refractivity contribution in [2.45, 2.75) is 180 Å². The fourth-order valence-corrected chi connectivity index (χ4v) is 8.79. The Labute approximate surface area is 295 Å². The van der Waals surface area contributed by atoms with Gasteiger partial charge in [-0.05, 0) is 82.7 Å². The van der Waals surface area contributed by atoms with E-state index in [1.807, 2.05) is 19.9 Å². The van der Waals surface area contributed by atoms with Crippen LogP contribution < -0.4 is 5.32 Å². The number of carbonyl (C=O) groups excluding carboxylic acids is 1. The van der Waals surface area contributed by atoms with Crippen LogP contribution in [0.1, 0.15) is 95.4 Å². The summed E-state index contributed by atoms with van der Waals surface area (Å²) in [5.41, 5.74) is 0.753. The lowest BCUT2D eigenvalue weighted by molar-refractivity contribution is -0.282. The summed E-state index contributed by atoms with van der Waals surface area (Å²) in [4.78, 5) is 12.8. The second-order valence-corrected chi connectivity index (χ2v) is 27.5. The first-order valence-corrected chi connectivity index (χ1v) is 23.9. The van der Waals surface area contributed by atoms with Gasteiger partial charge in [0.1, 0.15) is 17.8 Å². The Morgan fingerprint density at radius 2 is 1.65 bits per heavy atom. The molecule has 3 heterocycles. The number of ether oxygens (including phenoxy) is 4. The van der Waals surface area contributed by atoms with Gasteiger partial charge in [0.25, 0.3) is 0 Å². The van der Waals surface area contributed by atoms with Gasteiger partial charge in [0, 0.05) is 19.6 Å². The SMILES string of the molecule is CO[C@]1(C)C[C@@]2(CO2)[C@H](O[Si](C)(C)C(C)(C)C)[C@@H](/C=C/C(C)=C/C[C@@H]2O[C@H](C)[C@H](NC(=O)/C=C\[C@H](C)O[Si](C)(C)C(C)(C)C)C[C@@H]2C)O1. The predicted octanol–water partition coefficient (Wildman–Crippen LogP) is 8.45. The third-order valence-electron chi connectivity index (χ3n) is 11.6. The molecule has 48 heavy (non-hydrogen) atoms. The molecule has 3 aliphatic heterocycles. The van der Waals surface area contributed by atoms with Gasteiger partial charge in [-0.3, -0.25) is 4.79 Å². The number of methoxy groups -OCH3 is 1. The number of rotatable bonds is 12. The number of amides is 1. The first kappa shape index (κ1) is 41.3. The minimum atomic E-state index is -2.09. The zero-order chi connectivity index (χ0) is 36.5. The molecule has 0 radical (unpaired) electrons. The summed E-state index contributed by atoms with van der Waals surface area (Å²) in [5.74, 6) is -0.546. The molecule has 0 aromatic heterocycles. The third-order valence-corrected chi connectivity index (χ3v) is 20.6. The molecule has 276 valence electrons. The minimum absolute atomic E-state index is 0.0386. The molecule has 3 rings (SSSR count). The molecular weight excluding hydrogens is 639 g/mol. The molecule has 0 aromatic carbocycles. The molecular formula is C38H69NO7Si2. The van der Waals surface area contributed by atoms with Gasteiger partial charge < -0.3 is 33.1 Å². The minimum Gasteiger partial charge on any atom is -0.411 e. The lowest BCUT2D eigenvalue weighted by Crippen LogP contribution is -2.60. The van der Waals surface area contributed by atoms with Crippen LogP contribution in [0.3, 0.4) is 0 Å². The van der Waals surface area contributed by atoms with E-state index < -0.39 is 22.4 Å². The zero-order valence-corrected chi connectivity index (χ0v) is 35.1. The standard InChI is InChI=1S/C38H69NO7Si2/c1-26(18-21-32-34(46-48(15,16)36(8,9)10)38(25-42-38)24-37(11,41-12)44-32)17-20-31-27(2)23-30(29(4)43-31)39-33(40)22-19-28(3)45-47(13,14)35(5,6)7/h17-19,21-22,27-32,34H,20,23-25H2,1-16H3,(H,39,40)/b21-18+,22-19-,26-17+/t27-,28-,29+,30+,31-,32+,34+,37-,38+/m0/s1. The van der Waals surface area contributed by atoms with E-state index in [0.29, 0.717) is 18.9 Å². The maximum atomic E-state index is 12.8. The molecule has 3 aliphatic rings. The van der Waals surface area contributed by atoms with E-state index in [9.17, 15) is 4.79 Å². The highest BCUT2D eigenvalue weighted by Gasteiger charge is 2.64. The Kier molecular flexibility index (Phi) is 13.1. The maximum Gasteiger partial charge on any atom is 0.244 e. The van der Waals surface area contributed by atoms with Crippen LogP contribution >= 0.6 is 0 Å². The molecule has 1 amide bonds. The molecule has 0 unspecified atom stereocenters. The molecule has 0 aliphatic carbocycles. The smallest absolute Gasteiger partial charge is 0.244 e. The number of nitrogens with one attached hydrogen (secondary N) is 1. The Morgan fingerprint density at radius 3 is 2.19 bits per heavy atom. The van der Waals surface area contributed by atoms with Crippen molar-refractivity contribution in [1.82, 2.24) is 5.32 Å². The molecule has 1 spiro atoms. The summed E-state index contributed by atoms with van der Waals surface area (Å²) in [5, 5.41) is 3.37. The maximum absolute atomic E-state index is 12.8. The van der Waals surface area contributed by atoms with E-state index in [1.165, 1.54) is 0 Å². The highest BCUT2D eigenvalue weighted by Crippen LogP contribution is 2.51. The quantitative estimate of drug-likeness (QED) is 0.0943. The summed E-state index contributed by atoms with van der Waals surface area (Å²) in [6.45, 7) is 33.5. The monoisotopic (exact) mass is 707 g/mol. The van der Waals surface area contributed by atoms with Crippen LogP contribution in [0.15, 0.2) is 36.0 Å². The Bertz CT molecular complexity index is 1200. The van der Waals surface area contributed by atoms with E-state index in [-0.39, 0.29) is 58.1 Å². The molecule has 3 fully saturated rings. The summed E-state index contributed by atoms with van der Waals surface area (Å²) in [6, 6.07) is -0.0386. The number of epoxide rings is 1. The number of hydrogen-bond donors (Lipinski definition) is 1. The van der Waals surface area contributed by atoms with Gasteiger partial charge in [-0.2, -0.15) is 0 Å². The summed E-state index contributed by atoms with van der Waals surface area (Å²) >= 11 is 0. The molecule has 10 heteroatoms. The van der Waals surface area contributed by atoms with Crippen LogP contribution in [0, 0.1) is 5.92 Å². The summed E-state index contributed by atoms with van der Waals surface area (Å²) in [6.07, 6.45) is 11.7. The van der Waals surface area contributed by atoms with Gasteiger partial charge in [0.05, 0.1) is 31.0 Å². The van der Waals surface area contributed by atoms with Crippen LogP contribution in [0.25, 0.3) is 0 Å². The van der Waals surface area contributed by atoms with E-state index in [1.54, 1.807) is 13.2 Å². The highest BCUT2D eigenvalue weighted by molar-refractivity contribution is 6.74. The predicted molar refractivity (Wildman–Crippen MR) is 200 cm³/mol. The van der Waals surface area contributed by atoms with Crippen molar-refractivity contribution in [2.75, 3.05) is 13.7 Å². The van der Waals surface area contributed by atoms with Crippen LogP contribution in [0.5, 0.6) is 0 Å². The Morgan fingerprint density at radius 1 is 1.04 bits per heavy atom. The Hall–Kier alpha value is -1.12. The van der Waals surface area contributed by atoms with Crippen LogP contribution in [-0.4, -0.2) is 84.2 Å². The van der Waals surface area contributed by atoms with Gasteiger partial charge >= 0.3 is 0 Å². The average molecular weight is 708 g/mol. The first-order chi connectivity index (χ1) is 21.8. The lowest BCUT2D eigenvalue weighted by Gasteiger charge is -2.48. The van der Waals surface area contributed by atoms with Crippen molar-refractivity contribution in [3.05, 3.63) is 36.0 Å². The lowest BCUT2D eigenvalue weighted by atomic mass is 9.87. The van der Waals surface area contributed by atoms with Crippen molar-refractivity contribution in [1.29, 1.82) is 0 Å². The van der Waals surface area contributed by atoms with E-state index in [2.05, 4.69) is 112 Å². The second-order valence-electron chi connectivity index (χ2n) is 17.9. The van der Waals surface area contributed by atoms with Crippen molar-refractivity contribution in [3.63, 3.8) is 0 Å². The highest BCUT2D eigenvalue weighted by atomic mass is 28.4. The van der Waals surface area contributed by atoms with Crippen LogP contribution in [0.2, 0.25) is 36.3 Å². The van der Waals surface area contributed by atoms with Gasteiger partial charge in [-0.15, -0.1) is 0 Å². The van der Waals surface area contributed by atoms with Gasteiger partial charge in [-0.1, -0.05) is 78.3 Å². The van der Waals surface area contributed by atoms with Crippen molar-refractivity contribution >= 4 is 22.5 Å². The van der Waals surface area contributed by atoms with Crippen molar-refractivity contribution < 1.29 is 32.6 Å². The van der Waals surface area contributed by atoms with E-state index in [4.69, 9.17) is 27.8 Å². The second kappa shape index (κ2) is 15.2. The number of hydrogen-bond acceptors (Lipinski definition) is 7. The summed E-state index contributed by atoms with van der Waals surface area (Å²) in [7, 11) is -2.29. The normalized spacial score (nSPS) is 34.6. The number of carbonyl (C=O) groups is 1. The molecule has 9 atom stereocenters. The molecule has 3 saturated heterocycles. The molecule has 0 saturated carbocycles. The zero-order valence-electron chi connectivity index (χ0n) is 33.1. The van der Waals surface area contributed by atoms with Gasteiger partial charge in [0.2, 0.25) is 5.91 Å². The fourth-order valence-electron chi connectivity index (χ4n) is 6.09. The molecule has 1 N–H and O–H groups in total. The fraction of sp³-hybridized carbons (Fsp3) is 0.816. The van der Waals surface area contributed by atoms with Crippen LogP contribution in [0.4, 0.5) is 0 Å². The molecule has 0 aromatic rings. The largest absolute Gasteiger partial charge is 0.411 e. The average Bonchev–Trinajstić information content (AvgIpc) is 3.71. The third kappa shape index (κ3) is 10.5. The Balaban J connectivity index is 1.60. The van der Waals surface area contributed by atoms with Crippen LogP contribution in [-0.2, 0) is 32.6 Å².